The highest BCUT2D eigenvalue weighted by Gasteiger charge is 2.40. The Labute approximate surface area is 140 Å². The Hall–Kier alpha value is -2.76. The molecule has 1 aromatic heterocycles. The fraction of sp³-hybridized carbons (Fsp3) is 0.333. The molecular formula is C18H20N2O4. The highest BCUT2D eigenvalue weighted by molar-refractivity contribution is 5.68. The van der Waals surface area contributed by atoms with Crippen molar-refractivity contribution in [3.8, 4) is 22.6 Å². The van der Waals surface area contributed by atoms with E-state index in [0.717, 1.165) is 16.7 Å². The van der Waals surface area contributed by atoms with Gasteiger partial charge in [0.2, 0.25) is 0 Å². The maximum atomic E-state index is 11.3. The molecule has 2 heterocycles. The van der Waals surface area contributed by atoms with Gasteiger partial charge in [0.1, 0.15) is 17.6 Å². The summed E-state index contributed by atoms with van der Waals surface area (Å²) in [4.78, 5) is 15.4. The number of benzene rings is 1. The van der Waals surface area contributed by atoms with Crippen molar-refractivity contribution in [1.29, 1.82) is 0 Å². The van der Waals surface area contributed by atoms with E-state index in [4.69, 9.17) is 19.9 Å². The van der Waals surface area contributed by atoms with Crippen molar-refractivity contribution in [1.82, 2.24) is 4.98 Å². The number of carbonyl (C=O) groups excluding carboxylic acids is 1. The number of hydrogen-bond acceptors (Lipinski definition) is 5. The van der Waals surface area contributed by atoms with Crippen molar-refractivity contribution in [2.24, 2.45) is 11.1 Å². The summed E-state index contributed by atoms with van der Waals surface area (Å²) in [6.45, 7) is 4.38. The van der Waals surface area contributed by atoms with E-state index in [0.29, 0.717) is 18.1 Å². The highest BCUT2D eigenvalue weighted by Crippen LogP contribution is 2.46. The van der Waals surface area contributed by atoms with E-state index in [-0.39, 0.29) is 5.41 Å². The molecule has 0 aliphatic carbocycles. The zero-order valence-electron chi connectivity index (χ0n) is 13.9. The lowest BCUT2D eigenvalue weighted by Crippen LogP contribution is -2.37. The van der Waals surface area contributed by atoms with Crippen LogP contribution >= 0.6 is 0 Å². The van der Waals surface area contributed by atoms with Gasteiger partial charge in [0.25, 0.3) is 0 Å². The number of nitrogens with two attached hydrogens (primary N) is 1. The van der Waals surface area contributed by atoms with Crippen molar-refractivity contribution < 1.29 is 19.0 Å². The number of rotatable bonds is 3. The lowest BCUT2D eigenvalue weighted by molar-refractivity contribution is -0.0176. The lowest BCUT2D eigenvalue weighted by Gasteiger charge is -2.38. The normalized spacial score (nSPS) is 18.2. The van der Waals surface area contributed by atoms with Crippen molar-refractivity contribution in [2.75, 3.05) is 13.7 Å². The summed E-state index contributed by atoms with van der Waals surface area (Å²) in [6.07, 6.45) is 2.17. The van der Waals surface area contributed by atoms with Crippen LogP contribution in [0.1, 0.15) is 25.5 Å². The van der Waals surface area contributed by atoms with Gasteiger partial charge in [-0.05, 0) is 17.7 Å². The third kappa shape index (κ3) is 2.99. The van der Waals surface area contributed by atoms with Crippen LogP contribution in [0.5, 0.6) is 11.5 Å². The van der Waals surface area contributed by atoms with Crippen molar-refractivity contribution >= 4 is 6.09 Å². The Morgan fingerprint density at radius 3 is 2.79 bits per heavy atom. The summed E-state index contributed by atoms with van der Waals surface area (Å²) < 4.78 is 16.4. The van der Waals surface area contributed by atoms with Crippen molar-refractivity contribution in [2.45, 2.75) is 20.0 Å². The Bertz CT molecular complexity index is 773. The maximum absolute atomic E-state index is 11.3. The van der Waals surface area contributed by atoms with Crippen LogP contribution in [-0.4, -0.2) is 24.8 Å². The van der Waals surface area contributed by atoms with E-state index in [1.54, 1.807) is 19.5 Å². The molecular weight excluding hydrogens is 308 g/mol. The average molecular weight is 328 g/mol. The molecule has 126 valence electrons. The monoisotopic (exact) mass is 328 g/mol. The van der Waals surface area contributed by atoms with Gasteiger partial charge in [0.15, 0.2) is 0 Å². The first-order valence-electron chi connectivity index (χ1n) is 7.63. The number of fused-ring (bicyclic) bond motifs is 1. The maximum Gasteiger partial charge on any atom is 0.405 e. The van der Waals surface area contributed by atoms with Gasteiger partial charge in [-0.2, -0.15) is 0 Å². The molecule has 24 heavy (non-hydrogen) atoms. The first-order chi connectivity index (χ1) is 11.4. The molecule has 0 radical (unpaired) electrons. The molecule has 1 amide bonds. The van der Waals surface area contributed by atoms with Crippen molar-refractivity contribution in [3.05, 3.63) is 42.2 Å². The molecule has 2 N–H and O–H groups in total. The molecule has 6 heteroatoms. The van der Waals surface area contributed by atoms with Crippen LogP contribution in [0.4, 0.5) is 4.79 Å². The Morgan fingerprint density at radius 1 is 1.29 bits per heavy atom. The largest absolute Gasteiger partial charge is 0.495 e. The second kappa shape index (κ2) is 6.03. The Kier molecular flexibility index (Phi) is 4.05. The number of nitrogens with zero attached hydrogens (tertiary/aromatic N) is 1. The minimum Gasteiger partial charge on any atom is -0.495 e. The third-order valence-electron chi connectivity index (χ3n) is 4.12. The minimum absolute atomic E-state index is 0.360. The molecule has 1 aromatic carbocycles. The number of ether oxygens (including phenoxy) is 3. The molecule has 2 aromatic rings. The molecule has 0 saturated heterocycles. The lowest BCUT2D eigenvalue weighted by atomic mass is 9.80. The fourth-order valence-corrected chi connectivity index (χ4v) is 2.84. The highest BCUT2D eigenvalue weighted by atomic mass is 16.6. The Morgan fingerprint density at radius 2 is 2.08 bits per heavy atom. The minimum atomic E-state index is -0.790. The first kappa shape index (κ1) is 16.1. The predicted octanol–water partition coefficient (Wildman–Crippen LogP) is 3.31. The van der Waals surface area contributed by atoms with E-state index >= 15 is 0 Å². The van der Waals surface area contributed by atoms with E-state index in [1.165, 1.54) is 0 Å². The van der Waals surface area contributed by atoms with E-state index < -0.39 is 12.2 Å². The standard InChI is InChI=1S/C18H20N2O4/c1-18(2)10-23-15-7-11(12-6-13(22-3)9-20-8-12)4-5-14(15)16(18)24-17(19)21/h4-9,16H,10H2,1-3H3,(H2,19,21). The van der Waals surface area contributed by atoms with Crippen LogP contribution in [0.15, 0.2) is 36.7 Å². The molecule has 0 bridgehead atoms. The zero-order chi connectivity index (χ0) is 17.3. The predicted molar refractivity (Wildman–Crippen MR) is 88.9 cm³/mol. The van der Waals surface area contributed by atoms with Gasteiger partial charge in [-0.15, -0.1) is 0 Å². The van der Waals surface area contributed by atoms with Gasteiger partial charge < -0.3 is 19.9 Å². The van der Waals surface area contributed by atoms with Crippen LogP contribution in [0.3, 0.4) is 0 Å². The molecule has 0 fully saturated rings. The summed E-state index contributed by atoms with van der Waals surface area (Å²) in [7, 11) is 1.60. The van der Waals surface area contributed by atoms with Crippen LogP contribution in [0.2, 0.25) is 0 Å². The third-order valence-corrected chi connectivity index (χ3v) is 4.12. The number of methoxy groups -OCH3 is 1. The molecule has 1 unspecified atom stereocenters. The SMILES string of the molecule is COc1cncc(-c2ccc3c(c2)OCC(C)(C)C3OC(N)=O)c1. The number of primary amides is 1. The molecule has 1 aliphatic heterocycles. The fourth-order valence-electron chi connectivity index (χ4n) is 2.84. The van der Waals surface area contributed by atoms with Gasteiger partial charge >= 0.3 is 6.09 Å². The summed E-state index contributed by atoms with van der Waals surface area (Å²) in [5.41, 5.74) is 7.54. The molecule has 3 rings (SSSR count). The quantitative estimate of drug-likeness (QED) is 0.934. The molecule has 0 spiro atoms. The van der Waals surface area contributed by atoms with E-state index in [2.05, 4.69) is 4.98 Å². The van der Waals surface area contributed by atoms with Gasteiger partial charge in [-0.1, -0.05) is 26.0 Å². The van der Waals surface area contributed by atoms with Crippen LogP contribution in [-0.2, 0) is 4.74 Å². The molecule has 1 atom stereocenters. The number of pyridine rings is 1. The van der Waals surface area contributed by atoms with Crippen molar-refractivity contribution in [3.63, 3.8) is 0 Å². The number of amides is 1. The second-order valence-electron chi connectivity index (χ2n) is 6.46. The summed E-state index contributed by atoms with van der Waals surface area (Å²) in [5, 5.41) is 0. The zero-order valence-corrected chi connectivity index (χ0v) is 13.9. The first-order valence-corrected chi connectivity index (χ1v) is 7.63. The molecule has 0 saturated carbocycles. The average Bonchev–Trinajstić information content (AvgIpc) is 2.57. The molecule has 6 nitrogen and oxygen atoms in total. The smallest absolute Gasteiger partial charge is 0.405 e. The summed E-state index contributed by atoms with van der Waals surface area (Å²) in [5.74, 6) is 1.36. The van der Waals surface area contributed by atoms with Gasteiger partial charge in [0, 0.05) is 22.7 Å². The van der Waals surface area contributed by atoms with Gasteiger partial charge in [-0.25, -0.2) is 4.79 Å². The second-order valence-corrected chi connectivity index (χ2v) is 6.46. The van der Waals surface area contributed by atoms with Gasteiger partial charge in [-0.3, -0.25) is 4.98 Å². The number of carbonyl (C=O) groups is 1. The molecule has 1 aliphatic rings. The topological polar surface area (TPSA) is 83.7 Å². The Balaban J connectivity index is 2.00. The van der Waals surface area contributed by atoms with Crippen LogP contribution in [0.25, 0.3) is 11.1 Å². The van der Waals surface area contributed by atoms with Crippen LogP contribution in [0, 0.1) is 5.41 Å². The van der Waals surface area contributed by atoms with E-state index in [9.17, 15) is 4.79 Å². The van der Waals surface area contributed by atoms with Crippen LogP contribution < -0.4 is 15.2 Å². The summed E-state index contributed by atoms with van der Waals surface area (Å²) in [6, 6.07) is 7.66. The van der Waals surface area contributed by atoms with E-state index in [1.807, 2.05) is 38.1 Å². The summed E-state index contributed by atoms with van der Waals surface area (Å²) >= 11 is 0. The van der Waals surface area contributed by atoms with Gasteiger partial charge in [0.05, 0.1) is 19.9 Å². The number of aromatic nitrogens is 1. The number of hydrogen-bond donors (Lipinski definition) is 1.